The highest BCUT2D eigenvalue weighted by atomic mass is 15.2. The number of nitrogens with zero attached hydrogens (tertiary/aromatic N) is 3. The third-order valence-electron chi connectivity index (χ3n) is 14.0. The largest absolute Gasteiger partial charge is 0.366 e. The van der Waals surface area contributed by atoms with E-state index in [9.17, 15) is 0 Å². The zero-order valence-electron chi connectivity index (χ0n) is 39.3. The van der Waals surface area contributed by atoms with Crippen molar-refractivity contribution in [1.82, 2.24) is 25.6 Å². The predicted molar refractivity (Wildman–Crippen MR) is 298 cm³/mol. The third kappa shape index (κ3) is 8.18. The van der Waals surface area contributed by atoms with Crippen LogP contribution in [0, 0.1) is 0 Å². The Morgan fingerprint density at radius 1 is 0.292 bits per heavy atom. The second-order valence-corrected chi connectivity index (χ2v) is 18.4. The Morgan fingerprint density at radius 3 is 1.26 bits per heavy atom. The van der Waals surface area contributed by atoms with Crippen molar-refractivity contribution in [2.75, 3.05) is 0 Å². The molecule has 2 atom stereocenters. The van der Waals surface area contributed by atoms with Gasteiger partial charge in [-0.3, -0.25) is 5.32 Å². The molecule has 2 heterocycles. The third-order valence-corrected chi connectivity index (χ3v) is 14.0. The van der Waals surface area contributed by atoms with Crippen molar-refractivity contribution >= 4 is 38.0 Å². The molecule has 12 aromatic rings. The average Bonchev–Trinajstić information content (AvgIpc) is 3.47. The van der Waals surface area contributed by atoms with Gasteiger partial charge in [0, 0.05) is 22.4 Å². The number of hydrogen-bond acceptors (Lipinski definition) is 5. The van der Waals surface area contributed by atoms with Gasteiger partial charge in [-0.25, -0.2) is 15.0 Å². The van der Waals surface area contributed by atoms with E-state index in [-0.39, 0.29) is 12.2 Å². The lowest BCUT2D eigenvalue weighted by Gasteiger charge is -2.33. The first-order valence-electron chi connectivity index (χ1n) is 24.6. The van der Waals surface area contributed by atoms with Crippen molar-refractivity contribution < 1.29 is 0 Å². The van der Waals surface area contributed by atoms with Crippen LogP contribution in [0.2, 0.25) is 0 Å². The van der Waals surface area contributed by atoms with E-state index >= 15 is 0 Å². The highest BCUT2D eigenvalue weighted by Crippen LogP contribution is 2.42. The second kappa shape index (κ2) is 18.6. The molecule has 0 saturated heterocycles. The number of hydrogen-bond donors (Lipinski definition) is 2. The van der Waals surface area contributed by atoms with Crippen LogP contribution >= 0.6 is 0 Å². The van der Waals surface area contributed by atoms with Crippen LogP contribution in [-0.2, 0) is 0 Å². The Morgan fingerprint density at radius 2 is 0.694 bits per heavy atom. The number of benzene rings is 11. The van der Waals surface area contributed by atoms with Gasteiger partial charge in [0.25, 0.3) is 0 Å². The molecule has 0 radical (unpaired) electrons. The Bertz CT molecular complexity index is 3960. The molecule has 0 aliphatic carbocycles. The van der Waals surface area contributed by atoms with E-state index < -0.39 is 0 Å². The molecule has 13 rings (SSSR count). The Hall–Kier alpha value is -9.29. The molecule has 340 valence electrons. The maximum atomic E-state index is 5.07. The average molecular weight is 922 g/mol. The van der Waals surface area contributed by atoms with Gasteiger partial charge in [-0.1, -0.05) is 249 Å². The molecule has 1 aromatic heterocycles. The monoisotopic (exact) mass is 921 g/mol. The van der Waals surface area contributed by atoms with E-state index in [2.05, 4.69) is 241 Å². The topological polar surface area (TPSA) is 62.7 Å². The van der Waals surface area contributed by atoms with Crippen molar-refractivity contribution in [2.45, 2.75) is 12.2 Å². The van der Waals surface area contributed by atoms with Crippen molar-refractivity contribution in [2.24, 2.45) is 0 Å². The van der Waals surface area contributed by atoms with Gasteiger partial charge in [-0.2, -0.15) is 0 Å². The minimum atomic E-state index is -0.0310. The maximum absolute atomic E-state index is 5.07. The molecule has 1 aliphatic heterocycles. The van der Waals surface area contributed by atoms with E-state index in [0.29, 0.717) is 17.5 Å². The molecule has 0 fully saturated rings. The summed E-state index contributed by atoms with van der Waals surface area (Å²) in [5, 5.41) is 14.8. The Balaban J connectivity index is 0.822. The van der Waals surface area contributed by atoms with Gasteiger partial charge in [0.05, 0.1) is 6.04 Å². The van der Waals surface area contributed by atoms with Crippen molar-refractivity contribution in [3.63, 3.8) is 0 Å². The van der Waals surface area contributed by atoms with Gasteiger partial charge < -0.3 is 5.32 Å². The van der Waals surface area contributed by atoms with Crippen molar-refractivity contribution in [3.05, 3.63) is 278 Å². The summed E-state index contributed by atoms with van der Waals surface area (Å²) >= 11 is 0. The number of fused-ring (bicyclic) bond motifs is 3. The minimum absolute atomic E-state index is 0.0310. The summed E-state index contributed by atoms with van der Waals surface area (Å²) in [6.45, 7) is 0. The lowest BCUT2D eigenvalue weighted by Crippen LogP contribution is -2.39. The zero-order chi connectivity index (χ0) is 47.8. The molecule has 2 unspecified atom stereocenters. The highest BCUT2D eigenvalue weighted by molar-refractivity contribution is 6.12. The lowest BCUT2D eigenvalue weighted by molar-refractivity contribution is 0.442. The van der Waals surface area contributed by atoms with Crippen LogP contribution in [0.3, 0.4) is 0 Å². The Labute approximate surface area is 418 Å². The highest BCUT2D eigenvalue weighted by Gasteiger charge is 2.24. The van der Waals surface area contributed by atoms with E-state index in [1.54, 1.807) is 0 Å². The summed E-state index contributed by atoms with van der Waals surface area (Å²) in [6, 6.07) is 90.7. The van der Waals surface area contributed by atoms with Gasteiger partial charge in [0.15, 0.2) is 17.5 Å². The van der Waals surface area contributed by atoms with E-state index in [0.717, 1.165) is 38.9 Å². The molecule has 0 amide bonds. The van der Waals surface area contributed by atoms with Gasteiger partial charge in [0.2, 0.25) is 0 Å². The zero-order valence-corrected chi connectivity index (χ0v) is 39.3. The summed E-state index contributed by atoms with van der Waals surface area (Å²) in [5.74, 6) is 1.92. The molecular formula is C67H47N5. The summed E-state index contributed by atoms with van der Waals surface area (Å²) in [5.41, 5.74) is 14.6. The summed E-state index contributed by atoms with van der Waals surface area (Å²) in [4.78, 5) is 15.1. The molecule has 0 spiro atoms. The van der Waals surface area contributed by atoms with Crippen LogP contribution in [0.1, 0.15) is 28.9 Å². The first-order valence-corrected chi connectivity index (χ1v) is 24.6. The van der Waals surface area contributed by atoms with Gasteiger partial charge in [0.1, 0.15) is 6.17 Å². The number of rotatable bonds is 9. The molecule has 2 N–H and O–H groups in total. The number of aromatic nitrogens is 3. The van der Waals surface area contributed by atoms with E-state index in [1.807, 2.05) is 30.3 Å². The quantitative estimate of drug-likeness (QED) is 0.151. The van der Waals surface area contributed by atoms with Crippen LogP contribution < -0.4 is 10.6 Å². The van der Waals surface area contributed by atoms with E-state index in [1.165, 1.54) is 65.9 Å². The Kier molecular flexibility index (Phi) is 11.0. The molecule has 72 heavy (non-hydrogen) atoms. The minimum Gasteiger partial charge on any atom is -0.366 e. The van der Waals surface area contributed by atoms with Crippen LogP contribution in [0.5, 0.6) is 0 Å². The van der Waals surface area contributed by atoms with E-state index in [4.69, 9.17) is 15.0 Å². The molecule has 5 heteroatoms. The number of nitrogens with one attached hydrogen (secondary N) is 2. The maximum Gasteiger partial charge on any atom is 0.164 e. The van der Waals surface area contributed by atoms with Crippen molar-refractivity contribution in [3.8, 4) is 67.5 Å². The van der Waals surface area contributed by atoms with Crippen LogP contribution in [-0.4, -0.2) is 15.0 Å². The smallest absolute Gasteiger partial charge is 0.164 e. The normalized spacial score (nSPS) is 14.5. The fraction of sp³-hybridized carbons (Fsp3) is 0.0299. The summed E-state index contributed by atoms with van der Waals surface area (Å²) in [7, 11) is 0. The van der Waals surface area contributed by atoms with Crippen LogP contribution in [0.4, 0.5) is 0 Å². The predicted octanol–water partition coefficient (Wildman–Crippen LogP) is 16.3. The van der Waals surface area contributed by atoms with Gasteiger partial charge in [-0.05, 0) is 94.5 Å². The van der Waals surface area contributed by atoms with Gasteiger partial charge in [-0.15, -0.1) is 0 Å². The van der Waals surface area contributed by atoms with Gasteiger partial charge >= 0.3 is 0 Å². The molecule has 1 aliphatic rings. The van der Waals surface area contributed by atoms with Crippen LogP contribution in [0.25, 0.3) is 106 Å². The molecule has 5 nitrogen and oxygen atoms in total. The summed E-state index contributed by atoms with van der Waals surface area (Å²) < 4.78 is 0. The van der Waals surface area contributed by atoms with Crippen LogP contribution in [0.15, 0.2) is 261 Å². The summed E-state index contributed by atoms with van der Waals surface area (Å²) in [6.07, 6.45) is 2.27. The standard InChI is InChI=1S/C67H47N5/c1-4-17-47(18-5-1)62-43-63(69-64(68-62)49-19-6-2-7-20-49)48-33-29-45(30-34-48)54-38-40-60(58-26-14-12-24-56(54)58)61-41-39-55(57-25-13-15-27-59(57)61)46-31-35-51(36-32-46)66-70-65(50-21-8-3-9-22-50)71-67(72-66)53-37-28-44-16-10-11-23-52(44)42-53/h1-43,62,64,68-69H. The molecule has 11 aromatic carbocycles. The fourth-order valence-electron chi connectivity index (χ4n) is 10.4. The SMILES string of the molecule is C1=C(c2ccc(-c3ccc(-c4ccc(-c5ccc(-c6nc(-c7ccccc7)nc(-c7ccc8ccccc8c7)n6)cc5)c5ccccc45)c4ccccc34)cc2)NC(c2ccccc2)NC1c1ccccc1. The fourth-order valence-corrected chi connectivity index (χ4v) is 10.4. The first kappa shape index (κ1) is 42.8. The molecule has 0 bridgehead atoms. The molecular weight excluding hydrogens is 875 g/mol. The molecule has 0 saturated carbocycles. The second-order valence-electron chi connectivity index (χ2n) is 18.4. The first-order chi connectivity index (χ1) is 35.7. The van der Waals surface area contributed by atoms with Crippen molar-refractivity contribution in [1.29, 1.82) is 0 Å². The lowest BCUT2D eigenvalue weighted by atomic mass is 9.88.